The van der Waals surface area contributed by atoms with Crippen molar-refractivity contribution in [3.8, 4) is 5.82 Å². The molecule has 1 aliphatic carbocycles. The number of aromatic nitrogens is 4. The van der Waals surface area contributed by atoms with Gasteiger partial charge in [-0.05, 0) is 43.0 Å². The lowest BCUT2D eigenvalue weighted by atomic mass is 10.3. The molecule has 0 N–H and O–H groups in total. The van der Waals surface area contributed by atoms with Crippen molar-refractivity contribution in [2.75, 3.05) is 0 Å². The third kappa shape index (κ3) is 2.01. The van der Waals surface area contributed by atoms with Crippen molar-refractivity contribution >= 4 is 33.2 Å². The number of rotatable bonds is 3. The molecule has 0 amide bonds. The monoisotopic (exact) mass is 304 g/mol. The Balaban J connectivity index is 1.89. The third-order valence-electron chi connectivity index (χ3n) is 3.57. The van der Waals surface area contributed by atoms with E-state index in [-0.39, 0.29) is 5.28 Å². The first-order chi connectivity index (χ1) is 9.74. The zero-order chi connectivity index (χ0) is 13.7. The van der Waals surface area contributed by atoms with Gasteiger partial charge in [-0.1, -0.05) is 6.92 Å². The first-order valence-corrected chi connectivity index (χ1v) is 7.96. The summed E-state index contributed by atoms with van der Waals surface area (Å²) in [7, 11) is 0. The molecular weight excluding hydrogens is 292 g/mol. The Hall–Kier alpha value is -1.46. The van der Waals surface area contributed by atoms with Gasteiger partial charge in [-0.3, -0.25) is 0 Å². The lowest BCUT2D eigenvalue weighted by Crippen LogP contribution is -2.01. The van der Waals surface area contributed by atoms with Crippen LogP contribution in [-0.4, -0.2) is 19.7 Å². The summed E-state index contributed by atoms with van der Waals surface area (Å²) in [6.07, 6.45) is 5.45. The molecule has 4 rings (SSSR count). The number of hydrogen-bond donors (Lipinski definition) is 0. The van der Waals surface area contributed by atoms with Gasteiger partial charge in [0.05, 0.1) is 11.1 Å². The van der Waals surface area contributed by atoms with Crippen LogP contribution in [0.2, 0.25) is 5.28 Å². The molecule has 0 aromatic carbocycles. The van der Waals surface area contributed by atoms with Crippen LogP contribution in [0.5, 0.6) is 0 Å². The predicted octanol–water partition coefficient (Wildman–Crippen LogP) is 3.97. The van der Waals surface area contributed by atoms with Crippen LogP contribution in [0.15, 0.2) is 18.3 Å². The van der Waals surface area contributed by atoms with Gasteiger partial charge in [-0.2, -0.15) is 10.1 Å². The second kappa shape index (κ2) is 4.53. The number of aryl methyl sites for hydroxylation is 1. The second-order valence-corrected chi connectivity index (χ2v) is 6.51. The summed E-state index contributed by atoms with van der Waals surface area (Å²) in [5.41, 5.74) is 1.15. The van der Waals surface area contributed by atoms with Gasteiger partial charge >= 0.3 is 0 Å². The minimum atomic E-state index is 0.278. The fraction of sp³-hybridized carbons (Fsp3) is 0.357. The van der Waals surface area contributed by atoms with Crippen molar-refractivity contribution in [2.45, 2.75) is 32.1 Å². The highest BCUT2D eigenvalue weighted by molar-refractivity contribution is 7.18. The van der Waals surface area contributed by atoms with Gasteiger partial charge in [0.1, 0.15) is 4.83 Å². The Bertz CT molecular complexity index is 788. The lowest BCUT2D eigenvalue weighted by Gasteiger charge is -2.02. The summed E-state index contributed by atoms with van der Waals surface area (Å²) < 4.78 is 1.83. The molecule has 0 spiro atoms. The molecular formula is C14H13ClN4S. The minimum absolute atomic E-state index is 0.278. The summed E-state index contributed by atoms with van der Waals surface area (Å²) in [5, 5.41) is 5.95. The highest BCUT2D eigenvalue weighted by atomic mass is 35.5. The van der Waals surface area contributed by atoms with Crippen LogP contribution in [0.3, 0.4) is 0 Å². The van der Waals surface area contributed by atoms with E-state index in [1.54, 1.807) is 11.3 Å². The van der Waals surface area contributed by atoms with E-state index < -0.39 is 0 Å². The lowest BCUT2D eigenvalue weighted by molar-refractivity contribution is 0.817. The summed E-state index contributed by atoms with van der Waals surface area (Å²) in [6.45, 7) is 2.14. The fourth-order valence-electron chi connectivity index (χ4n) is 2.33. The van der Waals surface area contributed by atoms with Gasteiger partial charge in [0.15, 0.2) is 5.82 Å². The average Bonchev–Trinajstić information content (AvgIpc) is 3.02. The number of fused-ring (bicyclic) bond motifs is 1. The molecule has 20 heavy (non-hydrogen) atoms. The Labute approximate surface area is 125 Å². The van der Waals surface area contributed by atoms with Crippen LogP contribution in [0.1, 0.15) is 36.3 Å². The quantitative estimate of drug-likeness (QED) is 0.688. The van der Waals surface area contributed by atoms with Crippen LogP contribution in [-0.2, 0) is 6.42 Å². The predicted molar refractivity (Wildman–Crippen MR) is 80.9 cm³/mol. The normalized spacial score (nSPS) is 15.1. The molecule has 6 heteroatoms. The minimum Gasteiger partial charge on any atom is -0.222 e. The van der Waals surface area contributed by atoms with Crippen molar-refractivity contribution in [3.05, 3.63) is 34.2 Å². The van der Waals surface area contributed by atoms with Gasteiger partial charge in [0, 0.05) is 17.0 Å². The van der Waals surface area contributed by atoms with Crippen molar-refractivity contribution < 1.29 is 0 Å². The maximum absolute atomic E-state index is 6.05. The highest BCUT2D eigenvalue weighted by Gasteiger charge is 2.26. The van der Waals surface area contributed by atoms with E-state index >= 15 is 0 Å². The van der Waals surface area contributed by atoms with Crippen molar-refractivity contribution in [1.82, 2.24) is 19.7 Å². The number of thiophene rings is 1. The van der Waals surface area contributed by atoms with Gasteiger partial charge < -0.3 is 0 Å². The average molecular weight is 305 g/mol. The largest absolute Gasteiger partial charge is 0.225 e. The van der Waals surface area contributed by atoms with E-state index in [1.807, 2.05) is 10.9 Å². The molecule has 3 heterocycles. The smallest absolute Gasteiger partial charge is 0.222 e. The third-order valence-corrected chi connectivity index (χ3v) is 4.91. The molecule has 1 aliphatic rings. The van der Waals surface area contributed by atoms with Gasteiger partial charge in [-0.15, -0.1) is 11.3 Å². The number of hydrogen-bond acceptors (Lipinski definition) is 4. The SMILES string of the molecule is CCc1cc2c(-n3ccc(C4CC4)n3)nc(Cl)nc2s1. The second-order valence-electron chi connectivity index (χ2n) is 5.06. The van der Waals surface area contributed by atoms with Crippen LogP contribution in [0.4, 0.5) is 0 Å². The Kier molecular flexibility index (Phi) is 2.79. The maximum Gasteiger partial charge on any atom is 0.225 e. The van der Waals surface area contributed by atoms with Crippen LogP contribution in [0.25, 0.3) is 16.0 Å². The van der Waals surface area contributed by atoms with Crippen molar-refractivity contribution in [1.29, 1.82) is 0 Å². The maximum atomic E-state index is 6.05. The zero-order valence-electron chi connectivity index (χ0n) is 11.0. The van der Waals surface area contributed by atoms with Gasteiger partial charge in [0.2, 0.25) is 5.28 Å². The molecule has 102 valence electrons. The van der Waals surface area contributed by atoms with E-state index in [1.165, 1.54) is 17.7 Å². The van der Waals surface area contributed by atoms with Gasteiger partial charge in [0.25, 0.3) is 0 Å². The number of nitrogens with zero attached hydrogens (tertiary/aromatic N) is 4. The highest BCUT2D eigenvalue weighted by Crippen LogP contribution is 2.39. The van der Waals surface area contributed by atoms with E-state index in [2.05, 4.69) is 34.1 Å². The van der Waals surface area contributed by atoms with Crippen molar-refractivity contribution in [2.24, 2.45) is 0 Å². The molecule has 0 saturated heterocycles. The summed E-state index contributed by atoms with van der Waals surface area (Å²) in [5.74, 6) is 1.42. The summed E-state index contributed by atoms with van der Waals surface area (Å²) in [4.78, 5) is 10.9. The fourth-order valence-corrected chi connectivity index (χ4v) is 3.51. The molecule has 0 unspecified atom stereocenters. The first-order valence-electron chi connectivity index (χ1n) is 6.76. The topological polar surface area (TPSA) is 43.6 Å². The Morgan fingerprint density at radius 2 is 2.25 bits per heavy atom. The molecule has 3 aromatic rings. The molecule has 0 bridgehead atoms. The summed E-state index contributed by atoms with van der Waals surface area (Å²) in [6, 6.07) is 4.22. The van der Waals surface area contributed by atoms with E-state index in [9.17, 15) is 0 Å². The van der Waals surface area contributed by atoms with E-state index in [0.29, 0.717) is 5.92 Å². The molecule has 0 aliphatic heterocycles. The molecule has 0 radical (unpaired) electrons. The standard InChI is InChI=1S/C14H13ClN4S/c1-2-9-7-10-12(16-14(15)17-13(10)20-9)19-6-5-11(18-19)8-3-4-8/h5-8H,2-4H2,1H3. The molecule has 1 fully saturated rings. The Morgan fingerprint density at radius 3 is 3.00 bits per heavy atom. The van der Waals surface area contributed by atoms with Crippen LogP contribution < -0.4 is 0 Å². The van der Waals surface area contributed by atoms with E-state index in [0.717, 1.165) is 28.1 Å². The van der Waals surface area contributed by atoms with Gasteiger partial charge in [-0.25, -0.2) is 9.67 Å². The van der Waals surface area contributed by atoms with Crippen LogP contribution >= 0.6 is 22.9 Å². The Morgan fingerprint density at radius 1 is 1.40 bits per heavy atom. The molecule has 3 aromatic heterocycles. The molecule has 1 saturated carbocycles. The van der Waals surface area contributed by atoms with Crippen molar-refractivity contribution in [3.63, 3.8) is 0 Å². The number of halogens is 1. The van der Waals surface area contributed by atoms with E-state index in [4.69, 9.17) is 11.6 Å². The zero-order valence-corrected chi connectivity index (χ0v) is 12.6. The molecule has 0 atom stereocenters. The summed E-state index contributed by atoms with van der Waals surface area (Å²) >= 11 is 7.72. The molecule has 4 nitrogen and oxygen atoms in total. The van der Waals surface area contributed by atoms with Crippen LogP contribution in [0, 0.1) is 0 Å². The first kappa shape index (κ1) is 12.3.